The fourth-order valence-electron chi connectivity index (χ4n) is 5.90. The predicted octanol–water partition coefficient (Wildman–Crippen LogP) is 5.26. The molecule has 10 heteroatoms. The Morgan fingerprint density at radius 1 is 0.667 bits per heavy atom. The van der Waals surface area contributed by atoms with E-state index in [1.54, 1.807) is 98.8 Å². The van der Waals surface area contributed by atoms with Gasteiger partial charge >= 0.3 is 11.9 Å². The van der Waals surface area contributed by atoms with Crippen LogP contribution in [0.15, 0.2) is 72.9 Å². The van der Waals surface area contributed by atoms with Crippen molar-refractivity contribution in [3.05, 3.63) is 72.9 Å². The SMILES string of the molecule is CC[C@@H](/C=C/C(=O)[C@@H](C)[C@H](O)[C@H](C)[C@H]1OC(=O)/C=C/C=C/[C@H](C)[C@@H]([C@@H](C)[C@@H](O)[C@H](C)C(=O)/C=C/[C@H](C)[C@@H](C)O)OC(=O)/C=C/C=C/[C@@H]1C)[C@@H](C)O. The number of esters is 2. The first-order valence-corrected chi connectivity index (χ1v) is 18.1. The van der Waals surface area contributed by atoms with E-state index in [9.17, 15) is 39.6 Å². The van der Waals surface area contributed by atoms with Crippen LogP contribution in [-0.2, 0) is 28.7 Å². The summed E-state index contributed by atoms with van der Waals surface area (Å²) in [4.78, 5) is 51.7. The van der Waals surface area contributed by atoms with Gasteiger partial charge in [-0.3, -0.25) is 9.59 Å². The number of hydrogen-bond donors (Lipinski definition) is 4. The van der Waals surface area contributed by atoms with E-state index in [1.807, 2.05) is 6.92 Å². The van der Waals surface area contributed by atoms with Gasteiger partial charge in [0, 0.05) is 59.5 Å². The minimum absolute atomic E-state index is 0.191. The Balaban J connectivity index is 3.25. The van der Waals surface area contributed by atoms with Gasteiger partial charge in [0.15, 0.2) is 11.6 Å². The highest BCUT2D eigenvalue weighted by Crippen LogP contribution is 2.28. The summed E-state index contributed by atoms with van der Waals surface area (Å²) in [7, 11) is 0. The first-order valence-electron chi connectivity index (χ1n) is 18.1. The van der Waals surface area contributed by atoms with Crippen molar-refractivity contribution in [3.63, 3.8) is 0 Å². The minimum Gasteiger partial charge on any atom is -0.458 e. The fraction of sp³-hybridized carbons (Fsp3) is 0.610. The third kappa shape index (κ3) is 15.0. The topological polar surface area (TPSA) is 168 Å². The van der Waals surface area contributed by atoms with Gasteiger partial charge in [-0.2, -0.15) is 0 Å². The predicted molar refractivity (Wildman–Crippen MR) is 198 cm³/mol. The molecule has 0 aromatic heterocycles. The number of aliphatic hydroxyl groups is 4. The second-order valence-corrected chi connectivity index (χ2v) is 14.2. The molecule has 0 unspecified atom stereocenters. The summed E-state index contributed by atoms with van der Waals surface area (Å²) < 4.78 is 11.6. The molecule has 0 amide bonds. The number of hydrogen-bond acceptors (Lipinski definition) is 10. The van der Waals surface area contributed by atoms with Crippen molar-refractivity contribution in [2.75, 3.05) is 0 Å². The standard InChI is InChI=1S/C41H62O10/c1-11-33(32(10)43)21-23-35(45)28(6)39(49)30(8)41-26(4)17-13-15-18-36(46)50-40(25(3)16-12-14-19-37(47)51-41)29(7)38(48)27(5)34(44)22-20-24(2)31(9)42/h12-33,38-43,48-49H,11H2,1-10H3/b16-12+,17-13+,18-15+,19-14+,22-20+,23-21+/t24-,25-,26-,27+,28+,29-,30-,31+,32+,33-,38-,39-,40-,41-/m0/s1. The third-order valence-corrected chi connectivity index (χ3v) is 10.0. The number of carbonyl (C=O) groups excluding carboxylic acids is 4. The van der Waals surface area contributed by atoms with Gasteiger partial charge < -0.3 is 29.9 Å². The van der Waals surface area contributed by atoms with Crippen LogP contribution in [-0.4, -0.2) is 80.6 Å². The van der Waals surface area contributed by atoms with E-state index in [0.717, 1.165) is 0 Å². The molecule has 10 nitrogen and oxygen atoms in total. The summed E-state index contributed by atoms with van der Waals surface area (Å²) in [6.45, 7) is 17.2. The number of rotatable bonds is 15. The molecule has 1 heterocycles. The second kappa shape index (κ2) is 22.5. The van der Waals surface area contributed by atoms with Crippen LogP contribution in [0, 0.1) is 47.3 Å². The maximum absolute atomic E-state index is 13.0. The lowest BCUT2D eigenvalue weighted by atomic mass is 9.82. The molecule has 0 aromatic rings. The molecule has 1 aliphatic rings. The average molecular weight is 715 g/mol. The van der Waals surface area contributed by atoms with Crippen molar-refractivity contribution >= 4 is 23.5 Å². The highest BCUT2D eigenvalue weighted by Gasteiger charge is 2.37. The number of carbonyl (C=O) groups is 4. The lowest BCUT2D eigenvalue weighted by Gasteiger charge is -2.33. The molecule has 1 aliphatic heterocycles. The molecule has 0 bridgehead atoms. The Morgan fingerprint density at radius 2 is 1.06 bits per heavy atom. The van der Waals surface area contributed by atoms with Crippen molar-refractivity contribution < 1.29 is 49.1 Å². The van der Waals surface area contributed by atoms with Crippen LogP contribution in [0.3, 0.4) is 0 Å². The lowest BCUT2D eigenvalue weighted by molar-refractivity contribution is -0.152. The normalized spacial score (nSPS) is 29.3. The van der Waals surface area contributed by atoms with E-state index >= 15 is 0 Å². The molecule has 0 radical (unpaired) electrons. The zero-order chi connectivity index (χ0) is 39.0. The third-order valence-electron chi connectivity index (χ3n) is 10.0. The van der Waals surface area contributed by atoms with Gasteiger partial charge in [0.05, 0.1) is 24.4 Å². The Labute approximate surface area is 304 Å². The zero-order valence-corrected chi connectivity index (χ0v) is 32.0. The van der Waals surface area contributed by atoms with E-state index in [-0.39, 0.29) is 23.4 Å². The van der Waals surface area contributed by atoms with Gasteiger partial charge in [-0.25, -0.2) is 9.59 Å². The van der Waals surface area contributed by atoms with E-state index in [2.05, 4.69) is 0 Å². The number of cyclic esters (lactones) is 2. The van der Waals surface area contributed by atoms with Crippen molar-refractivity contribution in [3.8, 4) is 0 Å². The molecule has 4 N–H and O–H groups in total. The van der Waals surface area contributed by atoms with Gasteiger partial charge in [0.2, 0.25) is 0 Å². The Kier molecular flexibility index (Phi) is 20.1. The molecule has 286 valence electrons. The first-order chi connectivity index (χ1) is 23.8. The smallest absolute Gasteiger partial charge is 0.331 e. The Bertz CT molecular complexity index is 1310. The van der Waals surface area contributed by atoms with Crippen molar-refractivity contribution in [1.82, 2.24) is 0 Å². The van der Waals surface area contributed by atoms with Crippen LogP contribution >= 0.6 is 0 Å². The molecule has 14 atom stereocenters. The molecule has 0 aliphatic carbocycles. The van der Waals surface area contributed by atoms with Crippen LogP contribution < -0.4 is 0 Å². The summed E-state index contributed by atoms with van der Waals surface area (Å²) in [5.41, 5.74) is 0. The number of aliphatic hydroxyl groups excluding tert-OH is 4. The number of allylic oxidation sites excluding steroid dienone is 6. The number of ketones is 2. The zero-order valence-electron chi connectivity index (χ0n) is 32.0. The molecule has 0 spiro atoms. The highest BCUT2D eigenvalue weighted by molar-refractivity contribution is 5.92. The Morgan fingerprint density at radius 3 is 1.41 bits per heavy atom. The molecular weight excluding hydrogens is 652 g/mol. The monoisotopic (exact) mass is 714 g/mol. The van der Waals surface area contributed by atoms with Crippen LogP contribution in [0.4, 0.5) is 0 Å². The van der Waals surface area contributed by atoms with E-state index < -0.39 is 84.1 Å². The molecule has 0 saturated heterocycles. The van der Waals surface area contributed by atoms with E-state index in [4.69, 9.17) is 9.47 Å². The highest BCUT2D eigenvalue weighted by atomic mass is 16.5. The summed E-state index contributed by atoms with van der Waals surface area (Å²) >= 11 is 0. The van der Waals surface area contributed by atoms with Gasteiger partial charge in [-0.05, 0) is 32.4 Å². The van der Waals surface area contributed by atoms with Crippen molar-refractivity contribution in [2.45, 2.75) is 112 Å². The van der Waals surface area contributed by atoms with Crippen molar-refractivity contribution in [1.29, 1.82) is 0 Å². The van der Waals surface area contributed by atoms with Crippen molar-refractivity contribution in [2.24, 2.45) is 47.3 Å². The van der Waals surface area contributed by atoms with Crippen LogP contribution in [0.2, 0.25) is 0 Å². The maximum atomic E-state index is 13.0. The summed E-state index contributed by atoms with van der Waals surface area (Å²) in [6, 6.07) is 0. The van der Waals surface area contributed by atoms with Gasteiger partial charge in [0.1, 0.15) is 12.2 Å². The molecule has 1 rings (SSSR count). The maximum Gasteiger partial charge on any atom is 0.331 e. The number of ether oxygens (including phenoxy) is 2. The second-order valence-electron chi connectivity index (χ2n) is 14.2. The van der Waals surface area contributed by atoms with E-state index in [1.165, 1.54) is 36.5 Å². The van der Waals surface area contributed by atoms with Gasteiger partial charge in [0.25, 0.3) is 0 Å². The fourth-order valence-corrected chi connectivity index (χ4v) is 5.90. The average Bonchev–Trinajstić information content (AvgIpc) is 3.09. The Hall–Kier alpha value is -3.44. The summed E-state index contributed by atoms with van der Waals surface area (Å²) in [5.74, 6) is -6.17. The summed E-state index contributed by atoms with van der Waals surface area (Å²) in [6.07, 6.45) is 13.5. The molecular formula is C41H62O10. The quantitative estimate of drug-likeness (QED) is 0.130. The van der Waals surface area contributed by atoms with Crippen LogP contribution in [0.1, 0.15) is 75.7 Å². The molecule has 0 saturated carbocycles. The largest absolute Gasteiger partial charge is 0.458 e. The van der Waals surface area contributed by atoms with Crippen LogP contribution in [0.5, 0.6) is 0 Å². The molecule has 51 heavy (non-hydrogen) atoms. The molecule has 0 aromatic carbocycles. The lowest BCUT2D eigenvalue weighted by Crippen LogP contribution is -2.41. The van der Waals surface area contributed by atoms with Gasteiger partial charge in [-0.1, -0.05) is 104 Å². The van der Waals surface area contributed by atoms with E-state index in [0.29, 0.717) is 6.42 Å². The molecule has 0 fully saturated rings. The first kappa shape index (κ1) is 45.6. The summed E-state index contributed by atoms with van der Waals surface area (Å²) in [5, 5.41) is 42.0. The minimum atomic E-state index is -1.15. The van der Waals surface area contributed by atoms with Gasteiger partial charge in [-0.15, -0.1) is 0 Å². The van der Waals surface area contributed by atoms with Crippen LogP contribution in [0.25, 0.3) is 0 Å².